The van der Waals surface area contributed by atoms with Gasteiger partial charge in [0.15, 0.2) is 0 Å². The molecule has 2 saturated heterocycles. The smallest absolute Gasteiger partial charge is 0.399 e. The predicted octanol–water partition coefficient (Wildman–Crippen LogP) is 6.63. The third-order valence-electron chi connectivity index (χ3n) is 11.2. The summed E-state index contributed by atoms with van der Waals surface area (Å²) < 4.78 is 26.2. The van der Waals surface area contributed by atoms with Gasteiger partial charge in [-0.1, -0.05) is 84.9 Å². The van der Waals surface area contributed by atoms with Gasteiger partial charge in [0.2, 0.25) is 0 Å². The summed E-state index contributed by atoms with van der Waals surface area (Å²) in [6.07, 6.45) is 0. The van der Waals surface area contributed by atoms with Gasteiger partial charge in [0, 0.05) is 0 Å². The largest absolute Gasteiger partial charge is 0.494 e. The molecule has 216 valence electrons. The van der Waals surface area contributed by atoms with Gasteiger partial charge in [-0.2, -0.15) is 0 Å². The Morgan fingerprint density at radius 1 is 0.395 bits per heavy atom. The van der Waals surface area contributed by atoms with Crippen molar-refractivity contribution in [1.82, 2.24) is 0 Å². The Kier molecular flexibility index (Phi) is 5.43. The van der Waals surface area contributed by atoms with Gasteiger partial charge in [-0.15, -0.1) is 0 Å². The molecule has 0 bridgehead atoms. The van der Waals surface area contributed by atoms with Crippen LogP contribution in [0.1, 0.15) is 77.6 Å². The lowest BCUT2D eigenvalue weighted by Gasteiger charge is -2.32. The van der Waals surface area contributed by atoms with E-state index in [1.165, 1.54) is 44.5 Å². The van der Waals surface area contributed by atoms with E-state index >= 15 is 0 Å². The molecule has 43 heavy (non-hydrogen) atoms. The molecule has 2 heterocycles. The maximum absolute atomic E-state index is 6.55. The van der Waals surface area contributed by atoms with Crippen molar-refractivity contribution < 1.29 is 18.6 Å². The van der Waals surface area contributed by atoms with Crippen molar-refractivity contribution in [1.29, 1.82) is 0 Å². The molecule has 0 radical (unpaired) electrons. The van der Waals surface area contributed by atoms with E-state index in [-0.39, 0.29) is 0 Å². The van der Waals surface area contributed by atoms with Crippen LogP contribution in [0.3, 0.4) is 0 Å². The third-order valence-corrected chi connectivity index (χ3v) is 11.2. The van der Waals surface area contributed by atoms with E-state index in [0.717, 1.165) is 10.9 Å². The Morgan fingerprint density at radius 2 is 0.721 bits per heavy atom. The molecule has 2 fully saturated rings. The average Bonchev–Trinajstić information content (AvgIpc) is 3.58. The molecule has 0 saturated carbocycles. The van der Waals surface area contributed by atoms with Gasteiger partial charge < -0.3 is 18.6 Å². The van der Waals surface area contributed by atoms with Crippen molar-refractivity contribution in [2.75, 3.05) is 0 Å². The van der Waals surface area contributed by atoms with E-state index in [1.54, 1.807) is 0 Å². The second-order valence-corrected chi connectivity index (χ2v) is 14.6. The maximum atomic E-state index is 6.55. The van der Waals surface area contributed by atoms with Crippen LogP contribution in [0, 0.1) is 0 Å². The first-order chi connectivity index (χ1) is 20.3. The van der Waals surface area contributed by atoms with Gasteiger partial charge >= 0.3 is 14.2 Å². The van der Waals surface area contributed by atoms with Crippen LogP contribution in [-0.4, -0.2) is 36.6 Å². The van der Waals surface area contributed by atoms with Crippen LogP contribution in [0.25, 0.3) is 22.3 Å². The Bertz CT molecular complexity index is 1660. The molecule has 4 aliphatic rings. The monoisotopic (exact) mass is 568 g/mol. The molecule has 0 atom stereocenters. The lowest BCUT2D eigenvalue weighted by Crippen LogP contribution is -2.41. The molecule has 4 aromatic carbocycles. The van der Waals surface area contributed by atoms with Crippen molar-refractivity contribution in [3.05, 3.63) is 107 Å². The summed E-state index contributed by atoms with van der Waals surface area (Å²) in [7, 11) is -0.883. The van der Waals surface area contributed by atoms with Crippen molar-refractivity contribution in [3.8, 4) is 22.3 Å². The normalized spacial score (nSPS) is 22.4. The lowest BCUT2D eigenvalue weighted by atomic mass is 9.67. The first-order valence-electron chi connectivity index (χ1n) is 15.5. The second-order valence-electron chi connectivity index (χ2n) is 14.6. The zero-order chi connectivity index (χ0) is 30.2. The van der Waals surface area contributed by atoms with E-state index in [4.69, 9.17) is 18.6 Å². The van der Waals surface area contributed by atoms with Crippen LogP contribution in [0.2, 0.25) is 0 Å². The molecule has 0 unspecified atom stereocenters. The number of benzene rings is 4. The minimum atomic E-state index is -0.489. The molecule has 0 amide bonds. The minimum absolute atomic E-state index is 0.415. The highest BCUT2D eigenvalue weighted by Crippen LogP contribution is 2.62. The SMILES string of the molecule is CC1(C)OB(c2ccc3c(c2)C2(c4ccccc4-c4ccccc42)c2cc(B4OC(C)(C)C(C)(C)O4)ccc2-3)OC1(C)C. The number of hydrogen-bond acceptors (Lipinski definition) is 4. The van der Waals surface area contributed by atoms with Crippen molar-refractivity contribution in [3.63, 3.8) is 0 Å². The van der Waals surface area contributed by atoms with E-state index in [2.05, 4.69) is 140 Å². The van der Waals surface area contributed by atoms with Crippen LogP contribution in [0.5, 0.6) is 0 Å². The Balaban J connectivity index is 1.37. The fraction of sp³-hybridized carbons (Fsp3) is 0.351. The zero-order valence-electron chi connectivity index (χ0n) is 26.4. The van der Waals surface area contributed by atoms with Gasteiger partial charge in [-0.25, -0.2) is 0 Å². The van der Waals surface area contributed by atoms with E-state index in [0.29, 0.717) is 0 Å². The molecular weight excluding hydrogens is 530 g/mol. The summed E-state index contributed by atoms with van der Waals surface area (Å²) in [6.45, 7) is 16.9. The zero-order valence-corrected chi connectivity index (χ0v) is 26.4. The molecule has 6 heteroatoms. The highest BCUT2D eigenvalue weighted by molar-refractivity contribution is 6.62. The van der Waals surface area contributed by atoms with E-state index in [1.807, 2.05) is 0 Å². The first kappa shape index (κ1) is 27.4. The summed E-state index contributed by atoms with van der Waals surface area (Å²) in [5.74, 6) is 0. The summed E-state index contributed by atoms with van der Waals surface area (Å²) in [6, 6.07) is 31.3. The van der Waals surface area contributed by atoms with Gasteiger partial charge in [-0.3, -0.25) is 0 Å². The van der Waals surface area contributed by atoms with Crippen LogP contribution < -0.4 is 10.9 Å². The van der Waals surface area contributed by atoms with Crippen molar-refractivity contribution >= 4 is 25.2 Å². The minimum Gasteiger partial charge on any atom is -0.399 e. The Labute approximate surface area is 256 Å². The summed E-state index contributed by atoms with van der Waals surface area (Å²) in [4.78, 5) is 0. The quantitative estimate of drug-likeness (QED) is 0.220. The molecule has 2 aliphatic heterocycles. The summed E-state index contributed by atoms with van der Waals surface area (Å²) in [5, 5.41) is 0. The molecule has 0 N–H and O–H groups in total. The lowest BCUT2D eigenvalue weighted by molar-refractivity contribution is 0.00578. The fourth-order valence-corrected chi connectivity index (χ4v) is 7.43. The molecule has 2 aliphatic carbocycles. The van der Waals surface area contributed by atoms with Crippen LogP contribution >= 0.6 is 0 Å². The third kappa shape index (κ3) is 3.50. The standard InChI is InChI=1S/C37H38B2O4/c1-33(2)34(3,4)41-38(40-33)23-17-19-27-28-20-18-24(39-42-35(5,6)36(7,8)43-39)22-32(28)37(31(27)21-23)29-15-11-9-13-25(29)26-14-10-12-16-30(26)37/h9-22H,1-8H3. The highest BCUT2D eigenvalue weighted by Gasteiger charge is 2.56. The average molecular weight is 568 g/mol. The van der Waals surface area contributed by atoms with Crippen LogP contribution in [0.4, 0.5) is 0 Å². The number of fused-ring (bicyclic) bond motifs is 10. The molecule has 0 aromatic heterocycles. The van der Waals surface area contributed by atoms with Crippen LogP contribution in [-0.2, 0) is 24.0 Å². The Hall–Kier alpha value is -3.15. The highest BCUT2D eigenvalue weighted by atomic mass is 16.7. The fourth-order valence-electron chi connectivity index (χ4n) is 7.43. The second kappa shape index (κ2) is 8.51. The molecule has 8 rings (SSSR count). The summed E-state index contributed by atoms with van der Waals surface area (Å²) in [5.41, 5.74) is 10.1. The van der Waals surface area contributed by atoms with Crippen LogP contribution in [0.15, 0.2) is 84.9 Å². The maximum Gasteiger partial charge on any atom is 0.494 e. The van der Waals surface area contributed by atoms with Gasteiger partial charge in [-0.05, 0) is 111 Å². The Morgan fingerprint density at radius 3 is 1.09 bits per heavy atom. The molecule has 1 spiro atoms. The van der Waals surface area contributed by atoms with E-state index < -0.39 is 42.1 Å². The topological polar surface area (TPSA) is 36.9 Å². The van der Waals surface area contributed by atoms with Gasteiger partial charge in [0.25, 0.3) is 0 Å². The van der Waals surface area contributed by atoms with Gasteiger partial charge in [0.1, 0.15) is 0 Å². The number of hydrogen-bond donors (Lipinski definition) is 0. The molecule has 4 aromatic rings. The van der Waals surface area contributed by atoms with E-state index in [9.17, 15) is 0 Å². The first-order valence-corrected chi connectivity index (χ1v) is 15.5. The van der Waals surface area contributed by atoms with Gasteiger partial charge in [0.05, 0.1) is 27.8 Å². The molecular formula is C37H38B2O4. The summed E-state index contributed by atoms with van der Waals surface area (Å²) >= 11 is 0. The molecule has 4 nitrogen and oxygen atoms in total. The van der Waals surface area contributed by atoms with Crippen molar-refractivity contribution in [2.24, 2.45) is 0 Å². The van der Waals surface area contributed by atoms with Crippen molar-refractivity contribution in [2.45, 2.75) is 83.2 Å². The predicted molar refractivity (Wildman–Crippen MR) is 174 cm³/mol. The number of rotatable bonds is 2.